The van der Waals surface area contributed by atoms with E-state index < -0.39 is 81.2 Å². The van der Waals surface area contributed by atoms with Gasteiger partial charge in [0.25, 0.3) is 0 Å². The summed E-state index contributed by atoms with van der Waals surface area (Å²) in [5.74, 6) is -5.77. The van der Waals surface area contributed by atoms with Gasteiger partial charge in [-0.3, -0.25) is 19.2 Å². The zero-order chi connectivity index (χ0) is 30.7. The van der Waals surface area contributed by atoms with E-state index in [4.69, 9.17) is 28.1 Å². The molecule has 1 aromatic heterocycles. The predicted molar refractivity (Wildman–Crippen MR) is 142 cm³/mol. The van der Waals surface area contributed by atoms with Crippen LogP contribution in [0.2, 0.25) is 0 Å². The van der Waals surface area contributed by atoms with Crippen molar-refractivity contribution in [3.63, 3.8) is 0 Å². The van der Waals surface area contributed by atoms with Crippen molar-refractivity contribution in [3.8, 4) is 0 Å². The zero-order valence-electron chi connectivity index (χ0n) is 25.2. The second kappa shape index (κ2) is 8.81. The number of carbonyl (C=O) groups excluding carboxylic acids is 4. The maximum atomic E-state index is 13.3. The maximum Gasteiger partial charge on any atom is 0.306 e. The highest BCUT2D eigenvalue weighted by Gasteiger charge is 2.93. The second-order valence-electron chi connectivity index (χ2n) is 14.1. The third-order valence-corrected chi connectivity index (χ3v) is 11.8. The van der Waals surface area contributed by atoms with E-state index in [2.05, 4.69) is 6.92 Å². The van der Waals surface area contributed by atoms with Gasteiger partial charge >= 0.3 is 23.9 Å². The summed E-state index contributed by atoms with van der Waals surface area (Å²) >= 11 is 0. The van der Waals surface area contributed by atoms with E-state index in [0.29, 0.717) is 12.8 Å². The Morgan fingerprint density at radius 2 is 1.81 bits per heavy atom. The number of hydrogen-bond donors (Lipinski definition) is 1. The van der Waals surface area contributed by atoms with E-state index in [1.807, 2.05) is 20.8 Å². The first-order valence-corrected chi connectivity index (χ1v) is 14.6. The quantitative estimate of drug-likeness (QED) is 0.397. The van der Waals surface area contributed by atoms with Crippen LogP contribution in [0.25, 0.3) is 0 Å². The number of fused-ring (bicyclic) bond motifs is 2. The monoisotopic (exact) mass is 588 g/mol. The topological polar surface area (TPSA) is 148 Å². The lowest BCUT2D eigenvalue weighted by molar-refractivity contribution is -0.375. The van der Waals surface area contributed by atoms with Gasteiger partial charge in [0.2, 0.25) is 11.4 Å². The molecule has 10 atom stereocenters. The first kappa shape index (κ1) is 29.2. The minimum absolute atomic E-state index is 0.00824. The third kappa shape index (κ3) is 3.29. The molecule has 1 N–H and O–H groups in total. The minimum atomic E-state index is -2.15. The molecular formula is C31H40O11. The SMILES string of the molecule is COC(=O)C[C@H]1C(C)(C)[C@H](OC(C)=O)[C@@]2(OC(C)=O)C[C@@]34O[C@]2(O)[C@@]1(C)[C@H]3CC[C@]1(C)[C@H]4CC(=O)O[C@H]1c1ccoc1. The Morgan fingerprint density at radius 3 is 2.40 bits per heavy atom. The van der Waals surface area contributed by atoms with Crippen molar-refractivity contribution < 1.29 is 52.4 Å². The smallest absolute Gasteiger partial charge is 0.306 e. The lowest BCUT2D eigenvalue weighted by atomic mass is 9.36. The van der Waals surface area contributed by atoms with E-state index in [9.17, 15) is 24.3 Å². The molecule has 42 heavy (non-hydrogen) atoms. The minimum Gasteiger partial charge on any atom is -0.472 e. The summed E-state index contributed by atoms with van der Waals surface area (Å²) in [6.45, 7) is 10.2. The molecule has 3 aliphatic heterocycles. The van der Waals surface area contributed by atoms with Crippen molar-refractivity contribution in [2.75, 3.05) is 7.11 Å². The van der Waals surface area contributed by atoms with Crippen LogP contribution in [0.1, 0.15) is 85.3 Å². The first-order chi connectivity index (χ1) is 19.5. The van der Waals surface area contributed by atoms with E-state index in [1.165, 1.54) is 27.2 Å². The van der Waals surface area contributed by atoms with Crippen LogP contribution in [0.3, 0.4) is 0 Å². The molecule has 0 amide bonds. The highest BCUT2D eigenvalue weighted by atomic mass is 16.7. The predicted octanol–water partition coefficient (Wildman–Crippen LogP) is 3.62. The third-order valence-electron chi connectivity index (χ3n) is 11.8. The number of carbonyl (C=O) groups is 4. The summed E-state index contributed by atoms with van der Waals surface area (Å²) in [6.07, 6.45) is 2.46. The number of cyclic esters (lactones) is 1. The van der Waals surface area contributed by atoms with Crippen molar-refractivity contribution in [3.05, 3.63) is 24.2 Å². The number of rotatable bonds is 5. The van der Waals surface area contributed by atoms with Crippen LogP contribution < -0.4 is 0 Å². The van der Waals surface area contributed by atoms with Gasteiger partial charge < -0.3 is 33.2 Å². The van der Waals surface area contributed by atoms with Crippen LogP contribution in [-0.2, 0) is 42.9 Å². The van der Waals surface area contributed by atoms with Crippen LogP contribution >= 0.6 is 0 Å². The molecule has 11 heteroatoms. The Morgan fingerprint density at radius 1 is 1.10 bits per heavy atom. The summed E-state index contributed by atoms with van der Waals surface area (Å²) in [4.78, 5) is 51.6. The van der Waals surface area contributed by atoms with Gasteiger partial charge in [-0.2, -0.15) is 0 Å². The normalized spacial score (nSPS) is 46.2. The molecule has 2 aliphatic carbocycles. The van der Waals surface area contributed by atoms with Crippen molar-refractivity contribution >= 4 is 23.9 Å². The maximum absolute atomic E-state index is 13.3. The Hall–Kier alpha value is -2.92. The molecule has 2 bridgehead atoms. The second-order valence-corrected chi connectivity index (χ2v) is 14.1. The molecule has 0 radical (unpaired) electrons. The molecule has 4 heterocycles. The molecule has 3 saturated heterocycles. The first-order valence-electron chi connectivity index (χ1n) is 14.6. The number of ether oxygens (including phenoxy) is 5. The Labute approximate surface area is 244 Å². The average Bonchev–Trinajstić information content (AvgIpc) is 3.56. The van der Waals surface area contributed by atoms with Crippen molar-refractivity contribution in [1.29, 1.82) is 0 Å². The van der Waals surface area contributed by atoms with Gasteiger partial charge in [-0.05, 0) is 30.7 Å². The molecule has 0 aromatic carbocycles. The van der Waals surface area contributed by atoms with Crippen LogP contribution in [-0.4, -0.2) is 59.2 Å². The summed E-state index contributed by atoms with van der Waals surface area (Å²) in [6, 6.07) is 1.78. The van der Waals surface area contributed by atoms with Crippen LogP contribution in [0.5, 0.6) is 0 Å². The molecular weight excluding hydrogens is 548 g/mol. The molecule has 0 unspecified atom stereocenters. The van der Waals surface area contributed by atoms with E-state index in [1.54, 1.807) is 12.3 Å². The number of hydrogen-bond acceptors (Lipinski definition) is 11. The summed E-state index contributed by atoms with van der Waals surface area (Å²) in [5, 5.41) is 13.0. The lowest BCUT2D eigenvalue weighted by Crippen LogP contribution is -2.81. The van der Waals surface area contributed by atoms with Crippen LogP contribution in [0.15, 0.2) is 23.0 Å². The Bertz CT molecular complexity index is 1340. The number of methoxy groups -OCH3 is 1. The Kier molecular flexibility index (Phi) is 6.12. The fraction of sp³-hybridized carbons (Fsp3) is 0.742. The fourth-order valence-electron chi connectivity index (χ4n) is 10.5. The number of furan rings is 1. The molecule has 2 saturated carbocycles. The molecule has 230 valence electrons. The van der Waals surface area contributed by atoms with Gasteiger partial charge in [0.15, 0.2) is 6.10 Å². The summed E-state index contributed by atoms with van der Waals surface area (Å²) < 4.78 is 35.4. The van der Waals surface area contributed by atoms with Gasteiger partial charge in [0.05, 0.1) is 31.7 Å². The van der Waals surface area contributed by atoms with Crippen LogP contribution in [0.4, 0.5) is 0 Å². The van der Waals surface area contributed by atoms with Gasteiger partial charge in [-0.15, -0.1) is 0 Å². The van der Waals surface area contributed by atoms with E-state index >= 15 is 0 Å². The Balaban J connectivity index is 1.60. The van der Waals surface area contributed by atoms with Crippen molar-refractivity contribution in [2.45, 2.75) is 103 Å². The van der Waals surface area contributed by atoms with Crippen molar-refractivity contribution in [2.24, 2.45) is 34.0 Å². The average molecular weight is 589 g/mol. The largest absolute Gasteiger partial charge is 0.472 e. The van der Waals surface area contributed by atoms with Gasteiger partial charge in [0.1, 0.15) is 6.10 Å². The number of aliphatic hydroxyl groups is 1. The molecule has 6 rings (SSSR count). The molecule has 1 spiro atoms. The standard InChI is InChI=1S/C31H40O11/c1-16(32)39-25-26(3,4)20(12-22(34)37-7)28(6)19-8-10-27(5)21(13-23(35)40-24(27)18-9-11-38-14-18)29(19)15-30(25,41-17(2)33)31(28,36)42-29/h9,11,14,19-21,24-25,36H,8,10,12-13,15H2,1-7H3/t19-,20+,21-,24+,25+,27-,28+,29-,30+,31-/m1/s1. The highest BCUT2D eigenvalue weighted by molar-refractivity contribution is 5.73. The summed E-state index contributed by atoms with van der Waals surface area (Å²) in [7, 11) is 1.30. The van der Waals surface area contributed by atoms with E-state index in [0.717, 1.165) is 5.56 Å². The molecule has 11 nitrogen and oxygen atoms in total. The van der Waals surface area contributed by atoms with Crippen LogP contribution in [0, 0.1) is 34.0 Å². The number of esters is 4. The molecule has 5 aliphatic rings. The van der Waals surface area contributed by atoms with Gasteiger partial charge in [-0.1, -0.05) is 27.7 Å². The molecule has 5 fully saturated rings. The van der Waals surface area contributed by atoms with E-state index in [-0.39, 0.29) is 25.2 Å². The lowest BCUT2D eigenvalue weighted by Gasteiger charge is -2.69. The van der Waals surface area contributed by atoms with Gasteiger partial charge in [-0.25, -0.2) is 0 Å². The van der Waals surface area contributed by atoms with Crippen molar-refractivity contribution in [1.82, 2.24) is 0 Å². The van der Waals surface area contributed by atoms with Gasteiger partial charge in [0, 0.05) is 54.4 Å². The summed E-state index contributed by atoms with van der Waals surface area (Å²) in [5.41, 5.74) is -5.02. The highest BCUT2D eigenvalue weighted by Crippen LogP contribution is 2.82. The fourth-order valence-corrected chi connectivity index (χ4v) is 10.5. The zero-order valence-corrected chi connectivity index (χ0v) is 25.2. The molecule has 1 aromatic rings.